The van der Waals surface area contributed by atoms with Gasteiger partial charge in [-0.05, 0) is 43.2 Å². The second-order valence-electron chi connectivity index (χ2n) is 6.75. The molecule has 2 aromatic carbocycles. The number of fused-ring (bicyclic) bond motifs is 1. The molecule has 2 aliphatic heterocycles. The van der Waals surface area contributed by atoms with Gasteiger partial charge in [0.15, 0.2) is 17.3 Å². The Hall–Kier alpha value is -2.03. The van der Waals surface area contributed by atoms with Gasteiger partial charge >= 0.3 is 0 Å². The fourth-order valence-corrected chi connectivity index (χ4v) is 6.23. The van der Waals surface area contributed by atoms with Crippen molar-refractivity contribution in [1.82, 2.24) is 4.31 Å². The van der Waals surface area contributed by atoms with E-state index in [2.05, 4.69) is 0 Å². The van der Waals surface area contributed by atoms with E-state index in [-0.39, 0.29) is 22.7 Å². The molecule has 0 N–H and O–H groups in total. The Kier molecular flexibility index (Phi) is 5.35. The van der Waals surface area contributed by atoms with Crippen molar-refractivity contribution in [2.45, 2.75) is 23.5 Å². The average Bonchev–Trinajstić information content (AvgIpc) is 3.02. The summed E-state index contributed by atoms with van der Waals surface area (Å²) in [5.41, 5.74) is 1.52. The summed E-state index contributed by atoms with van der Waals surface area (Å²) in [6.07, 6.45) is 0.704. The second-order valence-corrected chi connectivity index (χ2v) is 10.00. The molecule has 4 rings (SSSR count). The van der Waals surface area contributed by atoms with Crippen molar-refractivity contribution in [1.29, 1.82) is 0 Å². The van der Waals surface area contributed by atoms with Gasteiger partial charge in [-0.2, -0.15) is 16.1 Å². The number of carbonyl (C=O) groups is 1. The molecule has 0 saturated carbocycles. The lowest BCUT2D eigenvalue weighted by Gasteiger charge is -2.20. The van der Waals surface area contributed by atoms with E-state index >= 15 is 0 Å². The van der Waals surface area contributed by atoms with Crippen LogP contribution in [0.15, 0.2) is 47.4 Å². The first-order valence-corrected chi connectivity index (χ1v) is 11.6. The molecule has 6 nitrogen and oxygen atoms in total. The van der Waals surface area contributed by atoms with Gasteiger partial charge in [0, 0.05) is 29.7 Å². The summed E-state index contributed by atoms with van der Waals surface area (Å²) in [6.45, 7) is 2.54. The number of Topliss-reactive ketones (excluding diaryl/α,β-unsaturated/α-hetero) is 1. The number of rotatable bonds is 4. The highest BCUT2D eigenvalue weighted by Crippen LogP contribution is 2.40. The molecule has 2 aliphatic rings. The van der Waals surface area contributed by atoms with Gasteiger partial charge in [-0.1, -0.05) is 18.2 Å². The number of nitrogens with zero attached hydrogens (tertiary/aromatic N) is 1. The maximum absolute atomic E-state index is 13.1. The largest absolute Gasteiger partial charge is 0.454 e. The molecule has 2 aromatic rings. The lowest BCUT2D eigenvalue weighted by molar-refractivity contribution is 0.101. The molecule has 2 heterocycles. The van der Waals surface area contributed by atoms with Crippen LogP contribution in [-0.2, 0) is 10.0 Å². The standard InChI is InChI=1S/C20H21NO5S2/c1-14(22)15-3-2-4-17(11-15)28(23,24)21-8-7-20(27-10-9-21)16-5-6-18-19(12-16)26-13-25-18/h2-6,11-12,20H,7-10,13H2,1H3. The zero-order valence-electron chi connectivity index (χ0n) is 15.5. The molecule has 0 bridgehead atoms. The quantitative estimate of drug-likeness (QED) is 0.707. The molecule has 1 saturated heterocycles. The highest BCUT2D eigenvalue weighted by Gasteiger charge is 2.29. The van der Waals surface area contributed by atoms with E-state index in [1.165, 1.54) is 17.3 Å². The average molecular weight is 420 g/mol. The maximum atomic E-state index is 13.1. The summed E-state index contributed by atoms with van der Waals surface area (Å²) >= 11 is 1.75. The highest BCUT2D eigenvalue weighted by molar-refractivity contribution is 7.99. The van der Waals surface area contributed by atoms with Gasteiger partial charge in [0.1, 0.15) is 0 Å². The van der Waals surface area contributed by atoms with Crippen LogP contribution in [-0.4, -0.2) is 44.1 Å². The first kappa shape index (κ1) is 19.3. The molecular weight excluding hydrogens is 398 g/mol. The third-order valence-corrected chi connectivity index (χ3v) is 8.17. The Morgan fingerprint density at radius 2 is 1.93 bits per heavy atom. The third-order valence-electron chi connectivity index (χ3n) is 4.95. The molecule has 0 aliphatic carbocycles. The van der Waals surface area contributed by atoms with Crippen molar-refractivity contribution in [3.05, 3.63) is 53.6 Å². The highest BCUT2D eigenvalue weighted by atomic mass is 32.2. The Morgan fingerprint density at radius 3 is 2.75 bits per heavy atom. The minimum atomic E-state index is -3.63. The van der Waals surface area contributed by atoms with E-state index in [1.807, 2.05) is 18.2 Å². The van der Waals surface area contributed by atoms with Gasteiger partial charge in [0.05, 0.1) is 4.90 Å². The molecule has 0 amide bonds. The third kappa shape index (κ3) is 3.76. The van der Waals surface area contributed by atoms with Crippen LogP contribution in [0.2, 0.25) is 0 Å². The first-order chi connectivity index (χ1) is 13.4. The Labute approximate surface area is 168 Å². The van der Waals surface area contributed by atoms with Crippen molar-refractivity contribution in [3.63, 3.8) is 0 Å². The van der Waals surface area contributed by atoms with Crippen molar-refractivity contribution in [3.8, 4) is 11.5 Å². The number of sulfonamides is 1. The van der Waals surface area contributed by atoms with Crippen LogP contribution in [0.3, 0.4) is 0 Å². The second kappa shape index (κ2) is 7.77. The van der Waals surface area contributed by atoms with Crippen LogP contribution < -0.4 is 9.47 Å². The summed E-state index contributed by atoms with van der Waals surface area (Å²) in [7, 11) is -3.63. The summed E-state index contributed by atoms with van der Waals surface area (Å²) in [5.74, 6) is 2.04. The minimum absolute atomic E-state index is 0.147. The molecule has 1 atom stereocenters. The molecule has 28 heavy (non-hydrogen) atoms. The van der Waals surface area contributed by atoms with Crippen LogP contribution >= 0.6 is 11.8 Å². The van der Waals surface area contributed by atoms with E-state index < -0.39 is 10.0 Å². The van der Waals surface area contributed by atoms with E-state index in [4.69, 9.17) is 9.47 Å². The molecule has 0 radical (unpaired) electrons. The molecule has 0 spiro atoms. The van der Waals surface area contributed by atoms with Gasteiger partial charge in [-0.3, -0.25) is 4.79 Å². The van der Waals surface area contributed by atoms with Gasteiger partial charge in [0.25, 0.3) is 0 Å². The summed E-state index contributed by atoms with van der Waals surface area (Å²) < 4.78 is 38.5. The normalized spacial score (nSPS) is 20.0. The summed E-state index contributed by atoms with van der Waals surface area (Å²) in [6, 6.07) is 12.2. The predicted molar refractivity (Wildman–Crippen MR) is 108 cm³/mol. The molecule has 148 valence electrons. The van der Waals surface area contributed by atoms with E-state index in [0.29, 0.717) is 30.8 Å². The van der Waals surface area contributed by atoms with Gasteiger partial charge < -0.3 is 9.47 Å². The number of ether oxygens (including phenoxy) is 2. The topological polar surface area (TPSA) is 72.9 Å². The van der Waals surface area contributed by atoms with Gasteiger partial charge in [0.2, 0.25) is 16.8 Å². The molecular formula is C20H21NO5S2. The summed E-state index contributed by atoms with van der Waals surface area (Å²) in [4.78, 5) is 11.8. The fraction of sp³-hybridized carbons (Fsp3) is 0.350. The Bertz CT molecular complexity index is 1010. The van der Waals surface area contributed by atoms with Crippen LogP contribution in [0.1, 0.15) is 34.5 Å². The molecule has 1 fully saturated rings. The van der Waals surface area contributed by atoms with Crippen LogP contribution in [0.4, 0.5) is 0 Å². The van der Waals surface area contributed by atoms with Gasteiger partial charge in [-0.25, -0.2) is 8.42 Å². The van der Waals surface area contributed by atoms with Crippen molar-refractivity contribution in [2.75, 3.05) is 25.6 Å². The smallest absolute Gasteiger partial charge is 0.243 e. The van der Waals surface area contributed by atoms with Crippen molar-refractivity contribution in [2.24, 2.45) is 0 Å². The van der Waals surface area contributed by atoms with Crippen molar-refractivity contribution >= 4 is 27.6 Å². The van der Waals surface area contributed by atoms with Crippen LogP contribution in [0.5, 0.6) is 11.5 Å². The Morgan fingerprint density at radius 1 is 1.11 bits per heavy atom. The fourth-order valence-electron chi connectivity index (χ4n) is 3.39. The van der Waals surface area contributed by atoms with E-state index in [1.54, 1.807) is 30.0 Å². The minimum Gasteiger partial charge on any atom is -0.454 e. The molecule has 8 heteroatoms. The number of benzene rings is 2. The van der Waals surface area contributed by atoms with Gasteiger partial charge in [-0.15, -0.1) is 0 Å². The van der Waals surface area contributed by atoms with Crippen molar-refractivity contribution < 1.29 is 22.7 Å². The van der Waals surface area contributed by atoms with E-state index in [0.717, 1.165) is 17.1 Å². The zero-order chi connectivity index (χ0) is 19.7. The zero-order valence-corrected chi connectivity index (χ0v) is 17.1. The lowest BCUT2D eigenvalue weighted by atomic mass is 10.1. The maximum Gasteiger partial charge on any atom is 0.243 e. The number of hydrogen-bond donors (Lipinski definition) is 0. The summed E-state index contributed by atoms with van der Waals surface area (Å²) in [5, 5.41) is 0.193. The first-order valence-electron chi connectivity index (χ1n) is 9.07. The molecule has 0 aromatic heterocycles. The molecule has 1 unspecified atom stereocenters. The predicted octanol–water partition coefficient (Wildman–Crippen LogP) is 3.49. The van der Waals surface area contributed by atoms with E-state index in [9.17, 15) is 13.2 Å². The Balaban J connectivity index is 1.52. The van der Waals surface area contributed by atoms with Crippen LogP contribution in [0, 0.1) is 0 Å². The number of thioether (sulfide) groups is 1. The monoisotopic (exact) mass is 419 g/mol. The SMILES string of the molecule is CC(=O)c1cccc(S(=O)(=O)N2CCSC(c3ccc4c(c3)OCO4)CC2)c1. The number of carbonyl (C=O) groups excluding carboxylic acids is 1. The number of hydrogen-bond acceptors (Lipinski definition) is 6. The lowest BCUT2D eigenvalue weighted by Crippen LogP contribution is -2.33. The number of ketones is 1. The van der Waals surface area contributed by atoms with Crippen LogP contribution in [0.25, 0.3) is 0 Å².